The van der Waals surface area contributed by atoms with Crippen LogP contribution in [0, 0.1) is 6.92 Å². The quantitative estimate of drug-likeness (QED) is 0.410. The number of hydrogen-bond acceptors (Lipinski definition) is 6. The average molecular weight is 385 g/mol. The molecule has 29 heavy (non-hydrogen) atoms. The molecule has 5 aromatic rings. The number of aryl methyl sites for hydroxylation is 2. The highest BCUT2D eigenvalue weighted by atomic mass is 16.3. The van der Waals surface area contributed by atoms with Crippen molar-refractivity contribution in [3.8, 4) is 5.88 Å². The van der Waals surface area contributed by atoms with E-state index in [0.717, 1.165) is 51.5 Å². The van der Waals surface area contributed by atoms with E-state index in [2.05, 4.69) is 48.0 Å². The van der Waals surface area contributed by atoms with Crippen molar-refractivity contribution in [2.45, 2.75) is 26.8 Å². The molecular formula is C21H19N7O. The zero-order valence-electron chi connectivity index (χ0n) is 16.1. The third kappa shape index (κ3) is 2.80. The minimum atomic E-state index is -0.0384. The van der Waals surface area contributed by atoms with E-state index in [-0.39, 0.29) is 11.8 Å². The molecule has 144 valence electrons. The molecule has 0 amide bonds. The molecule has 0 radical (unpaired) electrons. The van der Waals surface area contributed by atoms with Gasteiger partial charge in [-0.3, -0.25) is 0 Å². The molecule has 0 unspecified atom stereocenters. The lowest BCUT2D eigenvalue weighted by molar-refractivity contribution is 0.459. The van der Waals surface area contributed by atoms with Gasteiger partial charge in [-0.25, -0.2) is 0 Å². The lowest BCUT2D eigenvalue weighted by atomic mass is 10.2. The van der Waals surface area contributed by atoms with E-state index < -0.39 is 0 Å². The molecule has 8 nitrogen and oxygen atoms in total. The standard InChI is InChI=1S/C21H19N7O/c1-3-10-28-16-7-5-4-6-13(16)17-19(28)23-21(26-24-17)27-25-18-14-11-12(2)8-9-15(14)22-20(18)29/h4-9,11,22,29H,3,10H2,1-2H3. The van der Waals surface area contributed by atoms with Gasteiger partial charge in [-0.2, -0.15) is 4.98 Å². The van der Waals surface area contributed by atoms with Gasteiger partial charge in [0.1, 0.15) is 5.52 Å². The molecule has 0 bridgehead atoms. The van der Waals surface area contributed by atoms with Crippen molar-refractivity contribution in [2.75, 3.05) is 0 Å². The molecule has 3 aromatic heterocycles. The van der Waals surface area contributed by atoms with E-state index in [1.165, 1.54) is 0 Å². The Balaban J connectivity index is 1.63. The number of nitrogens with one attached hydrogen (secondary N) is 1. The van der Waals surface area contributed by atoms with Crippen LogP contribution in [-0.2, 0) is 6.54 Å². The van der Waals surface area contributed by atoms with Crippen LogP contribution in [0.1, 0.15) is 18.9 Å². The topological polar surface area (TPSA) is 104 Å². The summed E-state index contributed by atoms with van der Waals surface area (Å²) in [5.41, 5.74) is 4.78. The Morgan fingerprint density at radius 3 is 2.79 bits per heavy atom. The first-order valence-corrected chi connectivity index (χ1v) is 9.50. The highest BCUT2D eigenvalue weighted by Gasteiger charge is 2.15. The van der Waals surface area contributed by atoms with Gasteiger partial charge in [0, 0.05) is 17.3 Å². The predicted octanol–water partition coefficient (Wildman–Crippen LogP) is 5.30. The lowest BCUT2D eigenvalue weighted by Crippen LogP contribution is -1.98. The zero-order chi connectivity index (χ0) is 20.0. The third-order valence-electron chi connectivity index (χ3n) is 4.96. The smallest absolute Gasteiger partial charge is 0.289 e. The number of aromatic amines is 1. The Morgan fingerprint density at radius 2 is 1.93 bits per heavy atom. The van der Waals surface area contributed by atoms with Crippen LogP contribution >= 0.6 is 0 Å². The normalized spacial score (nSPS) is 12.1. The average Bonchev–Trinajstić information content (AvgIpc) is 3.21. The van der Waals surface area contributed by atoms with Crippen molar-refractivity contribution in [1.29, 1.82) is 0 Å². The van der Waals surface area contributed by atoms with E-state index in [1.807, 2.05) is 43.3 Å². The zero-order valence-corrected chi connectivity index (χ0v) is 16.1. The highest BCUT2D eigenvalue weighted by molar-refractivity contribution is 6.04. The summed E-state index contributed by atoms with van der Waals surface area (Å²) in [6, 6.07) is 13.9. The maximum atomic E-state index is 10.2. The Hall–Kier alpha value is -3.81. The summed E-state index contributed by atoms with van der Waals surface area (Å²) in [6.45, 7) is 4.93. The molecule has 2 N–H and O–H groups in total. The van der Waals surface area contributed by atoms with E-state index >= 15 is 0 Å². The van der Waals surface area contributed by atoms with E-state index in [9.17, 15) is 5.11 Å². The fourth-order valence-corrected chi connectivity index (χ4v) is 3.66. The van der Waals surface area contributed by atoms with Crippen LogP contribution in [0.15, 0.2) is 52.7 Å². The fraction of sp³-hybridized carbons (Fsp3) is 0.190. The Bertz CT molecular complexity index is 1400. The molecule has 0 saturated carbocycles. The van der Waals surface area contributed by atoms with Crippen molar-refractivity contribution in [2.24, 2.45) is 10.2 Å². The minimum absolute atomic E-state index is 0.0384. The van der Waals surface area contributed by atoms with Gasteiger partial charge in [0.15, 0.2) is 11.3 Å². The van der Waals surface area contributed by atoms with Gasteiger partial charge in [0.2, 0.25) is 5.88 Å². The van der Waals surface area contributed by atoms with Gasteiger partial charge >= 0.3 is 0 Å². The number of nitrogens with zero attached hydrogens (tertiary/aromatic N) is 6. The van der Waals surface area contributed by atoms with Crippen molar-refractivity contribution in [1.82, 2.24) is 24.7 Å². The van der Waals surface area contributed by atoms with Crippen molar-refractivity contribution in [3.63, 3.8) is 0 Å². The van der Waals surface area contributed by atoms with Crippen LogP contribution in [0.3, 0.4) is 0 Å². The number of aromatic nitrogens is 5. The van der Waals surface area contributed by atoms with Crippen LogP contribution < -0.4 is 0 Å². The van der Waals surface area contributed by atoms with Crippen molar-refractivity contribution < 1.29 is 5.11 Å². The Labute approximate surface area is 165 Å². The number of hydrogen-bond donors (Lipinski definition) is 2. The molecule has 0 spiro atoms. The number of azo groups is 1. The van der Waals surface area contributed by atoms with E-state index in [1.54, 1.807) is 0 Å². The summed E-state index contributed by atoms with van der Waals surface area (Å²) in [6.07, 6.45) is 0.969. The lowest BCUT2D eigenvalue weighted by Gasteiger charge is -2.03. The Kier molecular flexibility index (Phi) is 3.97. The molecule has 0 aliphatic heterocycles. The minimum Gasteiger partial charge on any atom is -0.493 e. The summed E-state index contributed by atoms with van der Waals surface area (Å²) < 4.78 is 2.13. The van der Waals surface area contributed by atoms with Gasteiger partial charge in [0.25, 0.3) is 5.95 Å². The molecule has 0 aliphatic carbocycles. The number of aromatic hydroxyl groups is 1. The predicted molar refractivity (Wildman–Crippen MR) is 112 cm³/mol. The van der Waals surface area contributed by atoms with Crippen LogP contribution in [0.4, 0.5) is 11.6 Å². The molecule has 5 rings (SSSR count). The van der Waals surface area contributed by atoms with Crippen LogP contribution in [0.25, 0.3) is 33.0 Å². The van der Waals surface area contributed by atoms with E-state index in [4.69, 9.17) is 0 Å². The number of para-hydroxylation sites is 1. The molecule has 0 atom stereocenters. The van der Waals surface area contributed by atoms with Gasteiger partial charge in [-0.05, 0) is 31.5 Å². The third-order valence-corrected chi connectivity index (χ3v) is 4.96. The largest absolute Gasteiger partial charge is 0.493 e. The van der Waals surface area contributed by atoms with Gasteiger partial charge in [-0.1, -0.05) is 36.8 Å². The first kappa shape index (κ1) is 17.3. The Morgan fingerprint density at radius 1 is 1.07 bits per heavy atom. The second-order valence-corrected chi connectivity index (χ2v) is 7.02. The molecule has 3 heterocycles. The summed E-state index contributed by atoms with van der Waals surface area (Å²) in [5.74, 6) is 0.113. The van der Waals surface area contributed by atoms with Gasteiger partial charge in [-0.15, -0.1) is 20.4 Å². The number of benzene rings is 2. The monoisotopic (exact) mass is 385 g/mol. The number of rotatable bonds is 4. The second-order valence-electron chi connectivity index (χ2n) is 7.02. The maximum Gasteiger partial charge on any atom is 0.289 e. The number of H-pyrrole nitrogens is 1. The molecule has 0 aliphatic rings. The van der Waals surface area contributed by atoms with Crippen LogP contribution in [0.5, 0.6) is 5.88 Å². The summed E-state index contributed by atoms with van der Waals surface area (Å²) in [7, 11) is 0. The first-order valence-electron chi connectivity index (χ1n) is 9.50. The highest BCUT2D eigenvalue weighted by Crippen LogP contribution is 2.36. The summed E-state index contributed by atoms with van der Waals surface area (Å²) in [5, 5.41) is 28.9. The summed E-state index contributed by atoms with van der Waals surface area (Å²) in [4.78, 5) is 7.50. The molecule has 0 fully saturated rings. The van der Waals surface area contributed by atoms with E-state index in [0.29, 0.717) is 5.69 Å². The maximum absolute atomic E-state index is 10.2. The van der Waals surface area contributed by atoms with Crippen LogP contribution in [-0.4, -0.2) is 29.8 Å². The molecular weight excluding hydrogens is 366 g/mol. The molecule has 0 saturated heterocycles. The summed E-state index contributed by atoms with van der Waals surface area (Å²) >= 11 is 0. The van der Waals surface area contributed by atoms with Crippen molar-refractivity contribution in [3.05, 3.63) is 48.0 Å². The second kappa shape index (κ2) is 6.66. The van der Waals surface area contributed by atoms with Gasteiger partial charge in [0.05, 0.1) is 11.0 Å². The van der Waals surface area contributed by atoms with Crippen molar-refractivity contribution >= 4 is 44.6 Å². The molecule has 8 heteroatoms. The first-order chi connectivity index (χ1) is 14.2. The fourth-order valence-electron chi connectivity index (χ4n) is 3.66. The van der Waals surface area contributed by atoms with Gasteiger partial charge < -0.3 is 14.7 Å². The van der Waals surface area contributed by atoms with Crippen LogP contribution in [0.2, 0.25) is 0 Å². The SMILES string of the molecule is CCCn1c2ccccc2c2nnc(N=Nc3c(O)[nH]c4ccc(C)cc34)nc21. The molecule has 2 aromatic carbocycles. The number of fused-ring (bicyclic) bond motifs is 4.